The molecule has 0 spiro atoms. The summed E-state index contributed by atoms with van der Waals surface area (Å²) in [5.41, 5.74) is 5.84. The summed E-state index contributed by atoms with van der Waals surface area (Å²) in [5, 5.41) is 10.2. The molecule has 0 amide bonds. The maximum atomic E-state index is 10.2. The fraction of sp³-hybridized carbons (Fsp3) is 0.933. The molecule has 0 aliphatic carbocycles. The molecule has 0 aromatic rings. The van der Waals surface area contributed by atoms with Crippen LogP contribution in [0.2, 0.25) is 0 Å². The van der Waals surface area contributed by atoms with E-state index in [1.54, 1.807) is 0 Å². The molecule has 0 bridgehead atoms. The van der Waals surface area contributed by atoms with Crippen molar-refractivity contribution in [1.29, 1.82) is 0 Å². The molecule has 1 saturated heterocycles. The molecule has 0 saturated carbocycles. The molecule has 19 heavy (non-hydrogen) atoms. The number of hydrogen-bond acceptors (Lipinski definition) is 2. The molecular formula is C15H31N3O. The Morgan fingerprint density at radius 1 is 1.37 bits per heavy atom. The standard InChI is InChI=1S/C15H31N3O/c1-11(2)13(19)15(4,5)10-17-14(16)18-8-6-12(3)7-9-18/h11-13,19H,6-10H2,1-5H3,(H2,16,17). The molecule has 0 radical (unpaired) electrons. The second-order valence-corrected chi connectivity index (χ2v) is 7.02. The van der Waals surface area contributed by atoms with Gasteiger partial charge < -0.3 is 15.7 Å². The van der Waals surface area contributed by atoms with Crippen LogP contribution in [0.5, 0.6) is 0 Å². The number of aliphatic hydroxyl groups is 1. The average molecular weight is 269 g/mol. The lowest BCUT2D eigenvalue weighted by atomic mass is 9.81. The van der Waals surface area contributed by atoms with Crippen molar-refractivity contribution >= 4 is 5.96 Å². The number of guanidine groups is 1. The predicted molar refractivity (Wildman–Crippen MR) is 81.1 cm³/mol. The normalized spacial score (nSPS) is 21.0. The summed E-state index contributed by atoms with van der Waals surface area (Å²) in [6.07, 6.45) is 2.02. The van der Waals surface area contributed by atoms with Crippen LogP contribution in [-0.2, 0) is 0 Å². The Morgan fingerprint density at radius 2 is 1.89 bits per heavy atom. The van der Waals surface area contributed by atoms with Crippen molar-refractivity contribution in [2.45, 2.75) is 53.6 Å². The monoisotopic (exact) mass is 269 g/mol. The van der Waals surface area contributed by atoms with Crippen molar-refractivity contribution in [3.8, 4) is 0 Å². The molecular weight excluding hydrogens is 238 g/mol. The summed E-state index contributed by atoms with van der Waals surface area (Å²) in [6.45, 7) is 13.0. The molecule has 1 heterocycles. The highest BCUT2D eigenvalue weighted by Gasteiger charge is 2.30. The number of likely N-dealkylation sites (tertiary alicyclic amines) is 1. The summed E-state index contributed by atoms with van der Waals surface area (Å²) in [6, 6.07) is 0. The van der Waals surface area contributed by atoms with Crippen LogP contribution in [0.3, 0.4) is 0 Å². The molecule has 1 unspecified atom stereocenters. The highest BCUT2D eigenvalue weighted by atomic mass is 16.3. The Kier molecular flexibility index (Phi) is 5.65. The van der Waals surface area contributed by atoms with Gasteiger partial charge in [-0.2, -0.15) is 0 Å². The second-order valence-electron chi connectivity index (χ2n) is 7.02. The number of hydrogen-bond donors (Lipinski definition) is 2. The number of aliphatic imine (C=N–C) groups is 1. The second kappa shape index (κ2) is 6.60. The van der Waals surface area contributed by atoms with E-state index in [9.17, 15) is 5.11 Å². The largest absolute Gasteiger partial charge is 0.392 e. The molecule has 112 valence electrons. The number of rotatable bonds is 4. The van der Waals surface area contributed by atoms with Crippen molar-refractivity contribution < 1.29 is 5.11 Å². The smallest absolute Gasteiger partial charge is 0.191 e. The van der Waals surface area contributed by atoms with E-state index in [-0.39, 0.29) is 17.4 Å². The van der Waals surface area contributed by atoms with E-state index >= 15 is 0 Å². The molecule has 4 nitrogen and oxygen atoms in total. The van der Waals surface area contributed by atoms with Crippen LogP contribution in [0, 0.1) is 17.3 Å². The van der Waals surface area contributed by atoms with E-state index < -0.39 is 0 Å². The van der Waals surface area contributed by atoms with Crippen molar-refractivity contribution in [3.05, 3.63) is 0 Å². The Labute approximate surface area is 118 Å². The Hall–Kier alpha value is -0.770. The van der Waals surface area contributed by atoms with Gasteiger partial charge in [0.05, 0.1) is 12.6 Å². The van der Waals surface area contributed by atoms with Gasteiger partial charge in [-0.3, -0.25) is 4.99 Å². The molecule has 1 fully saturated rings. The van der Waals surface area contributed by atoms with Crippen LogP contribution in [-0.4, -0.2) is 41.7 Å². The van der Waals surface area contributed by atoms with Gasteiger partial charge in [0.2, 0.25) is 0 Å². The molecule has 4 heteroatoms. The number of aliphatic hydroxyl groups excluding tert-OH is 1. The molecule has 0 aromatic heterocycles. The third-order valence-corrected chi connectivity index (χ3v) is 4.19. The fourth-order valence-electron chi connectivity index (χ4n) is 2.62. The highest BCUT2D eigenvalue weighted by Crippen LogP contribution is 2.26. The lowest BCUT2D eigenvalue weighted by molar-refractivity contribution is 0.0187. The van der Waals surface area contributed by atoms with E-state index in [1.165, 1.54) is 12.8 Å². The van der Waals surface area contributed by atoms with Gasteiger partial charge in [0.15, 0.2) is 5.96 Å². The SMILES string of the molecule is CC1CCN(C(N)=NCC(C)(C)C(O)C(C)C)CC1. The van der Waals surface area contributed by atoms with Crippen molar-refractivity contribution in [2.24, 2.45) is 28.0 Å². The molecule has 1 aliphatic heterocycles. The van der Waals surface area contributed by atoms with Crippen LogP contribution >= 0.6 is 0 Å². The highest BCUT2D eigenvalue weighted by molar-refractivity contribution is 5.78. The number of nitrogens with two attached hydrogens (primary N) is 1. The van der Waals surface area contributed by atoms with Gasteiger partial charge in [0.25, 0.3) is 0 Å². The number of piperidine rings is 1. The molecule has 1 aliphatic rings. The minimum absolute atomic E-state index is 0.234. The van der Waals surface area contributed by atoms with Crippen LogP contribution < -0.4 is 5.73 Å². The zero-order valence-electron chi connectivity index (χ0n) is 13.2. The van der Waals surface area contributed by atoms with Crippen LogP contribution in [0.25, 0.3) is 0 Å². The lowest BCUT2D eigenvalue weighted by Crippen LogP contribution is -2.44. The van der Waals surface area contributed by atoms with Gasteiger partial charge in [0.1, 0.15) is 0 Å². The first-order valence-electron chi connectivity index (χ1n) is 7.47. The average Bonchev–Trinajstić information content (AvgIpc) is 2.35. The van der Waals surface area contributed by atoms with Gasteiger partial charge in [0, 0.05) is 18.5 Å². The summed E-state index contributed by atoms with van der Waals surface area (Å²) < 4.78 is 0. The summed E-state index contributed by atoms with van der Waals surface area (Å²) >= 11 is 0. The van der Waals surface area contributed by atoms with Crippen molar-refractivity contribution in [1.82, 2.24) is 4.90 Å². The molecule has 1 atom stereocenters. The zero-order valence-corrected chi connectivity index (χ0v) is 13.2. The topological polar surface area (TPSA) is 61.8 Å². The Morgan fingerprint density at radius 3 is 2.37 bits per heavy atom. The van der Waals surface area contributed by atoms with E-state index in [2.05, 4.69) is 16.8 Å². The van der Waals surface area contributed by atoms with Crippen molar-refractivity contribution in [3.63, 3.8) is 0 Å². The van der Waals surface area contributed by atoms with E-state index in [1.807, 2.05) is 27.7 Å². The fourth-order valence-corrected chi connectivity index (χ4v) is 2.62. The van der Waals surface area contributed by atoms with E-state index in [4.69, 9.17) is 5.73 Å². The minimum Gasteiger partial charge on any atom is -0.392 e. The molecule has 1 rings (SSSR count). The lowest BCUT2D eigenvalue weighted by Gasteiger charge is -2.34. The third-order valence-electron chi connectivity index (χ3n) is 4.19. The van der Waals surface area contributed by atoms with Crippen LogP contribution in [0.1, 0.15) is 47.5 Å². The van der Waals surface area contributed by atoms with E-state index in [0.29, 0.717) is 12.5 Å². The van der Waals surface area contributed by atoms with Gasteiger partial charge in [-0.05, 0) is 24.7 Å². The Balaban J connectivity index is 2.55. The summed E-state index contributed by atoms with van der Waals surface area (Å²) in [7, 11) is 0. The molecule has 0 aromatic carbocycles. The Bertz CT molecular complexity index is 305. The van der Waals surface area contributed by atoms with Gasteiger partial charge in [-0.15, -0.1) is 0 Å². The van der Waals surface area contributed by atoms with Crippen LogP contribution in [0.4, 0.5) is 0 Å². The third kappa shape index (κ3) is 4.68. The predicted octanol–water partition coefficient (Wildman–Crippen LogP) is 2.08. The first kappa shape index (κ1) is 16.3. The maximum absolute atomic E-state index is 10.2. The minimum atomic E-state index is -0.356. The summed E-state index contributed by atoms with van der Waals surface area (Å²) in [5.74, 6) is 1.67. The van der Waals surface area contributed by atoms with Crippen LogP contribution in [0.15, 0.2) is 4.99 Å². The summed E-state index contributed by atoms with van der Waals surface area (Å²) in [4.78, 5) is 6.67. The van der Waals surface area contributed by atoms with Gasteiger partial charge in [-0.1, -0.05) is 34.6 Å². The number of nitrogens with zero attached hydrogens (tertiary/aromatic N) is 2. The van der Waals surface area contributed by atoms with Crippen molar-refractivity contribution in [2.75, 3.05) is 19.6 Å². The quantitative estimate of drug-likeness (QED) is 0.607. The first-order valence-corrected chi connectivity index (χ1v) is 7.47. The maximum Gasteiger partial charge on any atom is 0.191 e. The molecule has 3 N–H and O–H groups in total. The zero-order chi connectivity index (χ0) is 14.6. The first-order chi connectivity index (χ1) is 8.74. The van der Waals surface area contributed by atoms with Gasteiger partial charge >= 0.3 is 0 Å². The van der Waals surface area contributed by atoms with E-state index in [0.717, 1.165) is 19.0 Å². The van der Waals surface area contributed by atoms with Gasteiger partial charge in [-0.25, -0.2) is 0 Å².